The van der Waals surface area contributed by atoms with Crippen molar-refractivity contribution in [3.63, 3.8) is 0 Å². The zero-order valence-electron chi connectivity index (χ0n) is 10.2. The maximum absolute atomic E-state index is 9.60. The lowest BCUT2D eigenvalue weighted by Crippen LogP contribution is -1.88. The molecule has 0 radical (unpaired) electrons. The largest absolute Gasteiger partial charge is 0.388 e. The van der Waals surface area contributed by atoms with E-state index < -0.39 is 6.10 Å². The van der Waals surface area contributed by atoms with Crippen LogP contribution in [-0.2, 0) is 5.75 Å². The van der Waals surface area contributed by atoms with Gasteiger partial charge < -0.3 is 5.11 Å². The highest BCUT2D eigenvalue weighted by Crippen LogP contribution is 2.30. The Hall–Kier alpha value is -0.360. The molecule has 2 nitrogen and oxygen atoms in total. The molecule has 96 valence electrons. The van der Waals surface area contributed by atoms with Gasteiger partial charge in [-0.1, -0.05) is 22.0 Å². The Labute approximate surface area is 124 Å². The van der Waals surface area contributed by atoms with Crippen LogP contribution in [0.1, 0.15) is 28.6 Å². The smallest absolute Gasteiger partial charge is 0.103 e. The van der Waals surface area contributed by atoms with Crippen molar-refractivity contribution >= 4 is 39.0 Å². The number of rotatable bonds is 4. The van der Waals surface area contributed by atoms with Crippen LogP contribution in [0.25, 0.3) is 0 Å². The molecule has 0 spiro atoms. The molecule has 0 aliphatic carbocycles. The average molecular weight is 344 g/mol. The fourth-order valence-electron chi connectivity index (χ4n) is 1.62. The molecule has 1 aromatic carbocycles. The summed E-state index contributed by atoms with van der Waals surface area (Å²) in [7, 11) is 0. The van der Waals surface area contributed by atoms with Crippen LogP contribution in [0.3, 0.4) is 0 Å². The fraction of sp³-hybridized carbons (Fsp3) is 0.308. The lowest BCUT2D eigenvalue weighted by molar-refractivity contribution is 0.202. The Morgan fingerprint density at radius 2 is 2.28 bits per heavy atom. The molecule has 0 fully saturated rings. The molecule has 1 atom stereocenters. The summed E-state index contributed by atoms with van der Waals surface area (Å²) in [6, 6.07) is 8.23. The van der Waals surface area contributed by atoms with E-state index in [1.807, 2.05) is 19.1 Å². The number of thiazole rings is 1. The molecule has 5 heteroatoms. The number of aliphatic hydroxyl groups is 1. The number of aromatic nitrogens is 1. The van der Waals surface area contributed by atoms with Crippen molar-refractivity contribution in [1.82, 2.24) is 4.98 Å². The van der Waals surface area contributed by atoms with Gasteiger partial charge >= 0.3 is 0 Å². The van der Waals surface area contributed by atoms with E-state index in [4.69, 9.17) is 0 Å². The minimum atomic E-state index is -0.424. The molecule has 0 saturated heterocycles. The summed E-state index contributed by atoms with van der Waals surface area (Å²) in [5.74, 6) is 0.842. The van der Waals surface area contributed by atoms with E-state index in [9.17, 15) is 5.11 Å². The first-order chi connectivity index (χ1) is 8.56. The van der Waals surface area contributed by atoms with Gasteiger partial charge in [-0.2, -0.15) is 0 Å². The monoisotopic (exact) mass is 343 g/mol. The van der Waals surface area contributed by atoms with Gasteiger partial charge in [0.1, 0.15) is 5.01 Å². The maximum atomic E-state index is 9.60. The van der Waals surface area contributed by atoms with E-state index in [1.165, 1.54) is 4.90 Å². The van der Waals surface area contributed by atoms with E-state index in [0.29, 0.717) is 0 Å². The topological polar surface area (TPSA) is 33.1 Å². The van der Waals surface area contributed by atoms with E-state index >= 15 is 0 Å². The SMILES string of the molecule is Cc1nc(CSc2cccc(Br)c2)sc1C(C)O. The van der Waals surface area contributed by atoms with Crippen LogP contribution in [0, 0.1) is 6.92 Å². The third-order valence-corrected chi connectivity index (χ3v) is 5.42. The number of halogens is 1. The van der Waals surface area contributed by atoms with Gasteiger partial charge in [-0.05, 0) is 32.0 Å². The Bertz CT molecular complexity index is 540. The highest BCUT2D eigenvalue weighted by Gasteiger charge is 2.12. The summed E-state index contributed by atoms with van der Waals surface area (Å²) in [6.45, 7) is 3.73. The minimum absolute atomic E-state index is 0.424. The van der Waals surface area contributed by atoms with Gasteiger partial charge in [-0.3, -0.25) is 0 Å². The van der Waals surface area contributed by atoms with Crippen LogP contribution >= 0.6 is 39.0 Å². The Balaban J connectivity index is 2.04. The summed E-state index contributed by atoms with van der Waals surface area (Å²) in [6.07, 6.45) is -0.424. The van der Waals surface area contributed by atoms with Crippen molar-refractivity contribution in [2.75, 3.05) is 0 Å². The zero-order valence-corrected chi connectivity index (χ0v) is 13.4. The van der Waals surface area contributed by atoms with Crippen molar-refractivity contribution in [1.29, 1.82) is 0 Å². The van der Waals surface area contributed by atoms with Gasteiger partial charge in [0.25, 0.3) is 0 Å². The summed E-state index contributed by atoms with van der Waals surface area (Å²) in [4.78, 5) is 6.69. The molecule has 1 aromatic heterocycles. The number of hydrogen-bond acceptors (Lipinski definition) is 4. The molecular formula is C13H14BrNOS2. The molecule has 1 unspecified atom stereocenters. The van der Waals surface area contributed by atoms with Crippen LogP contribution in [0.5, 0.6) is 0 Å². The van der Waals surface area contributed by atoms with E-state index in [0.717, 1.165) is 25.8 Å². The number of nitrogens with zero attached hydrogens (tertiary/aromatic N) is 1. The highest BCUT2D eigenvalue weighted by atomic mass is 79.9. The number of hydrogen-bond donors (Lipinski definition) is 1. The van der Waals surface area contributed by atoms with Crippen LogP contribution < -0.4 is 0 Å². The number of aliphatic hydroxyl groups excluding tert-OH is 1. The van der Waals surface area contributed by atoms with Gasteiger partial charge in [0.15, 0.2) is 0 Å². The molecule has 0 bridgehead atoms. The number of benzene rings is 1. The second kappa shape index (κ2) is 6.19. The molecular weight excluding hydrogens is 330 g/mol. The van der Waals surface area contributed by atoms with Gasteiger partial charge in [-0.25, -0.2) is 4.98 Å². The first-order valence-electron chi connectivity index (χ1n) is 5.59. The van der Waals surface area contributed by atoms with Crippen molar-refractivity contribution in [3.05, 3.63) is 44.3 Å². The average Bonchev–Trinajstić information content (AvgIpc) is 2.68. The normalized spacial score (nSPS) is 12.7. The molecule has 0 saturated carbocycles. The first-order valence-corrected chi connectivity index (χ1v) is 8.18. The van der Waals surface area contributed by atoms with Gasteiger partial charge in [-0.15, -0.1) is 23.1 Å². The zero-order chi connectivity index (χ0) is 13.1. The van der Waals surface area contributed by atoms with Gasteiger partial charge in [0.2, 0.25) is 0 Å². The number of aryl methyl sites for hydroxylation is 1. The molecule has 18 heavy (non-hydrogen) atoms. The van der Waals surface area contributed by atoms with Gasteiger partial charge in [0, 0.05) is 9.37 Å². The summed E-state index contributed by atoms with van der Waals surface area (Å²) in [5, 5.41) is 10.7. The van der Waals surface area contributed by atoms with E-state index in [1.54, 1.807) is 30.0 Å². The van der Waals surface area contributed by atoms with Gasteiger partial charge in [0.05, 0.1) is 22.4 Å². The minimum Gasteiger partial charge on any atom is -0.388 e. The van der Waals surface area contributed by atoms with Crippen LogP contribution in [0.15, 0.2) is 33.6 Å². The predicted molar refractivity (Wildman–Crippen MR) is 81.2 cm³/mol. The standard InChI is InChI=1S/C13H14BrNOS2/c1-8-13(9(2)16)18-12(15-8)7-17-11-5-3-4-10(14)6-11/h3-6,9,16H,7H2,1-2H3. The number of thioether (sulfide) groups is 1. The Morgan fingerprint density at radius 3 is 2.89 bits per heavy atom. The van der Waals surface area contributed by atoms with Crippen LogP contribution in [0.2, 0.25) is 0 Å². The quantitative estimate of drug-likeness (QED) is 0.826. The Morgan fingerprint density at radius 1 is 1.50 bits per heavy atom. The van der Waals surface area contributed by atoms with Crippen molar-refractivity contribution in [3.8, 4) is 0 Å². The lowest BCUT2D eigenvalue weighted by atomic mass is 10.3. The van der Waals surface area contributed by atoms with Crippen LogP contribution in [-0.4, -0.2) is 10.1 Å². The molecule has 2 rings (SSSR count). The van der Waals surface area contributed by atoms with Crippen molar-refractivity contribution < 1.29 is 5.11 Å². The fourth-order valence-corrected chi connectivity index (χ4v) is 4.12. The van der Waals surface area contributed by atoms with Crippen molar-refractivity contribution in [2.45, 2.75) is 30.6 Å². The predicted octanol–water partition coefficient (Wildman–Crippen LogP) is 4.56. The summed E-state index contributed by atoms with van der Waals surface area (Å²) >= 11 is 6.82. The first kappa shape index (κ1) is 14.1. The molecule has 0 aliphatic rings. The second-order valence-corrected chi connectivity index (χ2v) is 7.06. The van der Waals surface area contributed by atoms with E-state index in [-0.39, 0.29) is 0 Å². The third kappa shape index (κ3) is 3.57. The maximum Gasteiger partial charge on any atom is 0.103 e. The highest BCUT2D eigenvalue weighted by molar-refractivity contribution is 9.10. The van der Waals surface area contributed by atoms with E-state index in [2.05, 4.69) is 33.0 Å². The van der Waals surface area contributed by atoms with Crippen LogP contribution in [0.4, 0.5) is 0 Å². The molecule has 1 N–H and O–H groups in total. The summed E-state index contributed by atoms with van der Waals surface area (Å²) < 4.78 is 1.09. The Kier molecular flexibility index (Phi) is 4.84. The lowest BCUT2D eigenvalue weighted by Gasteiger charge is -2.00. The van der Waals surface area contributed by atoms with Crippen molar-refractivity contribution in [2.24, 2.45) is 0 Å². The molecule has 0 amide bonds. The second-order valence-electron chi connectivity index (χ2n) is 3.98. The molecule has 0 aliphatic heterocycles. The molecule has 2 aromatic rings. The summed E-state index contributed by atoms with van der Waals surface area (Å²) in [5.41, 5.74) is 0.944. The third-order valence-electron chi connectivity index (χ3n) is 2.41. The molecule has 1 heterocycles.